The second kappa shape index (κ2) is 5.63. The third kappa shape index (κ3) is 3.17. The molecule has 1 fully saturated rings. The van der Waals surface area contributed by atoms with Crippen molar-refractivity contribution in [3.05, 3.63) is 23.4 Å². The lowest BCUT2D eigenvalue weighted by atomic mass is 10.0. The summed E-state index contributed by atoms with van der Waals surface area (Å²) in [5.74, 6) is 1.37. The molecule has 0 bridgehead atoms. The number of anilines is 1. The van der Waals surface area contributed by atoms with Gasteiger partial charge in [0.15, 0.2) is 0 Å². The van der Waals surface area contributed by atoms with Gasteiger partial charge in [-0.05, 0) is 32.4 Å². The molecule has 98 valence electrons. The molecule has 0 amide bonds. The van der Waals surface area contributed by atoms with E-state index in [0.717, 1.165) is 36.7 Å². The molecule has 2 atom stereocenters. The minimum Gasteiger partial charge on any atom is -0.389 e. The first kappa shape index (κ1) is 13.2. The van der Waals surface area contributed by atoms with Gasteiger partial charge >= 0.3 is 0 Å². The molecule has 2 unspecified atom stereocenters. The lowest BCUT2D eigenvalue weighted by Gasteiger charge is -2.20. The van der Waals surface area contributed by atoms with Gasteiger partial charge in [-0.1, -0.05) is 12.2 Å². The van der Waals surface area contributed by atoms with Gasteiger partial charge in [-0.2, -0.15) is 0 Å². The van der Waals surface area contributed by atoms with Crippen molar-refractivity contribution in [1.29, 1.82) is 0 Å². The van der Waals surface area contributed by atoms with E-state index < -0.39 is 0 Å². The summed E-state index contributed by atoms with van der Waals surface area (Å²) in [5.41, 5.74) is 7.43. The highest BCUT2D eigenvalue weighted by Gasteiger charge is 2.22. The molecule has 2 heterocycles. The van der Waals surface area contributed by atoms with Gasteiger partial charge in [-0.3, -0.25) is 0 Å². The van der Waals surface area contributed by atoms with Gasteiger partial charge in [0, 0.05) is 29.8 Å². The van der Waals surface area contributed by atoms with Crippen LogP contribution in [0.2, 0.25) is 0 Å². The molecule has 2 rings (SSSR count). The predicted octanol–water partition coefficient (Wildman–Crippen LogP) is 1.86. The molecule has 4 nitrogen and oxygen atoms in total. The number of nitrogens with two attached hydrogens (primary N) is 1. The van der Waals surface area contributed by atoms with Gasteiger partial charge in [0.25, 0.3) is 0 Å². The Morgan fingerprint density at radius 2 is 2.39 bits per heavy atom. The topological polar surface area (TPSA) is 60.2 Å². The summed E-state index contributed by atoms with van der Waals surface area (Å²) in [6.07, 6.45) is 1.10. The molecule has 0 aromatic carbocycles. The van der Waals surface area contributed by atoms with E-state index in [-0.39, 0.29) is 0 Å². The number of hydrogen-bond donors (Lipinski definition) is 2. The Morgan fingerprint density at radius 1 is 1.61 bits per heavy atom. The summed E-state index contributed by atoms with van der Waals surface area (Å²) in [6.45, 7) is 5.78. The monoisotopic (exact) mass is 265 g/mol. The summed E-state index contributed by atoms with van der Waals surface area (Å²) < 4.78 is 5.40. The molecule has 1 aliphatic rings. The van der Waals surface area contributed by atoms with Gasteiger partial charge in [-0.25, -0.2) is 4.98 Å². The molecule has 0 spiro atoms. The molecule has 1 aromatic rings. The van der Waals surface area contributed by atoms with Crippen LogP contribution >= 0.6 is 12.2 Å². The summed E-state index contributed by atoms with van der Waals surface area (Å²) in [5, 5.41) is 3.41. The van der Waals surface area contributed by atoms with Crippen LogP contribution in [0.25, 0.3) is 0 Å². The first-order valence-electron chi connectivity index (χ1n) is 6.19. The summed E-state index contributed by atoms with van der Waals surface area (Å²) >= 11 is 5.00. The van der Waals surface area contributed by atoms with Crippen LogP contribution < -0.4 is 11.1 Å². The normalized spacial score (nSPS) is 20.7. The average molecular weight is 265 g/mol. The van der Waals surface area contributed by atoms with Gasteiger partial charge < -0.3 is 15.8 Å². The standard InChI is InChI=1S/C13H19N3OS/c1-8-5-11(13(14)18)6-12(15-8)16-9(2)10-3-4-17-7-10/h5-6,9-10H,3-4,7H2,1-2H3,(H2,14,18)(H,15,16). The highest BCUT2D eigenvalue weighted by molar-refractivity contribution is 7.80. The lowest BCUT2D eigenvalue weighted by molar-refractivity contribution is 0.183. The number of aromatic nitrogens is 1. The third-order valence-corrected chi connectivity index (χ3v) is 3.52. The maximum absolute atomic E-state index is 5.66. The maximum Gasteiger partial charge on any atom is 0.127 e. The minimum atomic E-state index is 0.334. The van der Waals surface area contributed by atoms with Crippen molar-refractivity contribution < 1.29 is 4.74 Å². The minimum absolute atomic E-state index is 0.334. The van der Waals surface area contributed by atoms with Crippen molar-refractivity contribution in [2.45, 2.75) is 26.3 Å². The molecule has 0 saturated carbocycles. The number of pyridine rings is 1. The molecule has 1 saturated heterocycles. The Kier molecular flexibility index (Phi) is 4.14. The number of ether oxygens (including phenoxy) is 1. The fourth-order valence-electron chi connectivity index (χ4n) is 2.18. The number of nitrogens with one attached hydrogen (secondary N) is 1. The fraction of sp³-hybridized carbons (Fsp3) is 0.538. The van der Waals surface area contributed by atoms with Gasteiger partial charge in [0.1, 0.15) is 10.8 Å². The SMILES string of the molecule is Cc1cc(C(N)=S)cc(NC(C)C2CCOC2)n1. The van der Waals surface area contributed by atoms with Crippen molar-refractivity contribution >= 4 is 23.0 Å². The quantitative estimate of drug-likeness (QED) is 0.814. The largest absolute Gasteiger partial charge is 0.389 e. The zero-order chi connectivity index (χ0) is 13.1. The Labute approximate surface area is 113 Å². The van der Waals surface area contributed by atoms with E-state index in [1.54, 1.807) is 0 Å². The van der Waals surface area contributed by atoms with E-state index in [1.165, 1.54) is 0 Å². The molecule has 0 aliphatic carbocycles. The van der Waals surface area contributed by atoms with Crippen LogP contribution in [0.15, 0.2) is 12.1 Å². The van der Waals surface area contributed by atoms with Crippen molar-refractivity contribution in [2.75, 3.05) is 18.5 Å². The number of hydrogen-bond acceptors (Lipinski definition) is 4. The Hall–Kier alpha value is -1.20. The smallest absolute Gasteiger partial charge is 0.127 e. The highest BCUT2D eigenvalue weighted by Crippen LogP contribution is 2.20. The first-order chi connectivity index (χ1) is 8.56. The Balaban J connectivity index is 2.10. The van der Waals surface area contributed by atoms with Crippen LogP contribution in [0.3, 0.4) is 0 Å². The second-order valence-electron chi connectivity index (χ2n) is 4.80. The predicted molar refractivity (Wildman–Crippen MR) is 76.9 cm³/mol. The average Bonchev–Trinajstić information content (AvgIpc) is 2.81. The fourth-order valence-corrected chi connectivity index (χ4v) is 2.30. The van der Waals surface area contributed by atoms with E-state index in [4.69, 9.17) is 22.7 Å². The van der Waals surface area contributed by atoms with Crippen LogP contribution in [0, 0.1) is 12.8 Å². The summed E-state index contributed by atoms with van der Waals surface area (Å²) in [7, 11) is 0. The van der Waals surface area contributed by atoms with E-state index in [0.29, 0.717) is 16.9 Å². The van der Waals surface area contributed by atoms with E-state index in [1.807, 2.05) is 19.1 Å². The lowest BCUT2D eigenvalue weighted by Crippen LogP contribution is -2.27. The zero-order valence-corrected chi connectivity index (χ0v) is 11.6. The first-order valence-corrected chi connectivity index (χ1v) is 6.60. The van der Waals surface area contributed by atoms with Crippen molar-refractivity contribution in [3.63, 3.8) is 0 Å². The van der Waals surface area contributed by atoms with Crippen LogP contribution in [0.4, 0.5) is 5.82 Å². The van der Waals surface area contributed by atoms with Gasteiger partial charge in [0.05, 0.1) is 6.61 Å². The number of nitrogens with zero attached hydrogens (tertiary/aromatic N) is 1. The molecule has 1 aromatic heterocycles. The number of thiocarbonyl (C=S) groups is 1. The Morgan fingerprint density at radius 3 is 3.00 bits per heavy atom. The van der Waals surface area contributed by atoms with Crippen LogP contribution in [0.1, 0.15) is 24.6 Å². The molecular weight excluding hydrogens is 246 g/mol. The maximum atomic E-state index is 5.66. The van der Waals surface area contributed by atoms with Gasteiger partial charge in [-0.15, -0.1) is 0 Å². The third-order valence-electron chi connectivity index (χ3n) is 3.29. The van der Waals surface area contributed by atoms with Crippen LogP contribution in [-0.4, -0.2) is 29.2 Å². The van der Waals surface area contributed by atoms with Crippen molar-refractivity contribution in [1.82, 2.24) is 4.98 Å². The second-order valence-corrected chi connectivity index (χ2v) is 5.24. The summed E-state index contributed by atoms with van der Waals surface area (Å²) in [4.78, 5) is 4.86. The Bertz CT molecular complexity index is 444. The molecule has 18 heavy (non-hydrogen) atoms. The molecular formula is C13H19N3OS. The van der Waals surface area contributed by atoms with Gasteiger partial charge in [0.2, 0.25) is 0 Å². The van der Waals surface area contributed by atoms with Crippen LogP contribution in [-0.2, 0) is 4.74 Å². The van der Waals surface area contributed by atoms with E-state index >= 15 is 0 Å². The number of aryl methyl sites for hydroxylation is 1. The van der Waals surface area contributed by atoms with E-state index in [2.05, 4.69) is 17.2 Å². The molecule has 5 heteroatoms. The highest BCUT2D eigenvalue weighted by atomic mass is 32.1. The van der Waals surface area contributed by atoms with Crippen molar-refractivity contribution in [3.8, 4) is 0 Å². The van der Waals surface area contributed by atoms with Crippen LogP contribution in [0.5, 0.6) is 0 Å². The molecule has 0 radical (unpaired) electrons. The molecule has 1 aliphatic heterocycles. The molecule has 3 N–H and O–H groups in total. The summed E-state index contributed by atoms with van der Waals surface area (Å²) in [6, 6.07) is 4.14. The zero-order valence-electron chi connectivity index (χ0n) is 10.8. The van der Waals surface area contributed by atoms with Crippen molar-refractivity contribution in [2.24, 2.45) is 11.7 Å². The number of rotatable bonds is 4. The van der Waals surface area contributed by atoms with E-state index in [9.17, 15) is 0 Å².